The third-order valence-corrected chi connectivity index (χ3v) is 5.33. The van der Waals surface area contributed by atoms with Crippen LogP contribution in [0.2, 0.25) is 0 Å². The lowest BCUT2D eigenvalue weighted by Crippen LogP contribution is -2.39. The van der Waals surface area contributed by atoms with Crippen LogP contribution >= 0.6 is 0 Å². The van der Waals surface area contributed by atoms with E-state index in [1.165, 1.54) is 23.1 Å². The van der Waals surface area contributed by atoms with Crippen LogP contribution < -0.4 is 0 Å². The first-order chi connectivity index (χ1) is 13.8. The van der Waals surface area contributed by atoms with Gasteiger partial charge in [0.2, 0.25) is 0 Å². The molecular weight excluding hydrogens is 355 g/mol. The standard InChI is InChI=1S/C22H21FN4O/c23-17-5-3-4-15(10-17)20-12-25-22(26-20)21-14-28-9-8-27(21)13-16-11-24-19-7-2-1-6-18(16)19/h1-7,10-12,21,24H,8-9,13-14H2,(H,25,26). The molecule has 6 heteroatoms. The Hall–Kier alpha value is -2.96. The van der Waals surface area contributed by atoms with Gasteiger partial charge in [0.05, 0.1) is 31.1 Å². The van der Waals surface area contributed by atoms with Gasteiger partial charge in [0.25, 0.3) is 0 Å². The van der Waals surface area contributed by atoms with Gasteiger partial charge in [0, 0.05) is 35.8 Å². The number of para-hydroxylation sites is 1. The molecule has 2 N–H and O–H groups in total. The maximum absolute atomic E-state index is 13.6. The third-order valence-electron chi connectivity index (χ3n) is 5.33. The number of nitrogens with one attached hydrogen (secondary N) is 2. The van der Waals surface area contributed by atoms with E-state index in [0.717, 1.165) is 35.7 Å². The molecule has 5 rings (SSSR count). The highest BCUT2D eigenvalue weighted by atomic mass is 19.1. The monoisotopic (exact) mass is 376 g/mol. The normalized spacial score (nSPS) is 18.0. The second kappa shape index (κ2) is 7.22. The molecule has 3 heterocycles. The number of hydrogen-bond donors (Lipinski definition) is 2. The van der Waals surface area contributed by atoms with Gasteiger partial charge < -0.3 is 14.7 Å². The summed E-state index contributed by atoms with van der Waals surface area (Å²) in [5.41, 5.74) is 4.01. The number of nitrogens with zero attached hydrogens (tertiary/aromatic N) is 2. The molecule has 0 saturated carbocycles. The second-order valence-corrected chi connectivity index (χ2v) is 7.11. The fraction of sp³-hybridized carbons (Fsp3) is 0.227. The number of rotatable bonds is 4. The zero-order valence-corrected chi connectivity index (χ0v) is 15.4. The van der Waals surface area contributed by atoms with Crippen LogP contribution in [0.4, 0.5) is 4.39 Å². The average Bonchev–Trinajstić information content (AvgIpc) is 3.37. The third kappa shape index (κ3) is 3.21. The van der Waals surface area contributed by atoms with Crippen molar-refractivity contribution < 1.29 is 9.13 Å². The van der Waals surface area contributed by atoms with Gasteiger partial charge >= 0.3 is 0 Å². The molecule has 4 aromatic rings. The molecule has 142 valence electrons. The Balaban J connectivity index is 1.42. The summed E-state index contributed by atoms with van der Waals surface area (Å²) in [7, 11) is 0. The molecule has 5 nitrogen and oxygen atoms in total. The molecule has 28 heavy (non-hydrogen) atoms. The van der Waals surface area contributed by atoms with E-state index >= 15 is 0 Å². The zero-order chi connectivity index (χ0) is 18.9. The van der Waals surface area contributed by atoms with E-state index in [0.29, 0.717) is 13.2 Å². The zero-order valence-electron chi connectivity index (χ0n) is 15.4. The van der Waals surface area contributed by atoms with Gasteiger partial charge in [0.1, 0.15) is 11.6 Å². The molecule has 1 unspecified atom stereocenters. The lowest BCUT2D eigenvalue weighted by atomic mass is 10.1. The van der Waals surface area contributed by atoms with Gasteiger partial charge in [-0.2, -0.15) is 0 Å². The molecule has 2 aromatic heterocycles. The smallest absolute Gasteiger partial charge is 0.126 e. The summed E-state index contributed by atoms with van der Waals surface area (Å²) in [5.74, 6) is 0.592. The highest BCUT2D eigenvalue weighted by molar-refractivity contribution is 5.82. The van der Waals surface area contributed by atoms with Crippen LogP contribution in [-0.4, -0.2) is 39.6 Å². The maximum atomic E-state index is 13.6. The molecule has 1 saturated heterocycles. The molecule has 1 fully saturated rings. The second-order valence-electron chi connectivity index (χ2n) is 7.11. The first-order valence-corrected chi connectivity index (χ1v) is 9.45. The van der Waals surface area contributed by atoms with Gasteiger partial charge in [0.15, 0.2) is 0 Å². The van der Waals surface area contributed by atoms with Crippen molar-refractivity contribution in [2.45, 2.75) is 12.6 Å². The van der Waals surface area contributed by atoms with Crippen LogP contribution in [0, 0.1) is 5.82 Å². The van der Waals surface area contributed by atoms with Crippen molar-refractivity contribution in [1.82, 2.24) is 19.9 Å². The fourth-order valence-electron chi connectivity index (χ4n) is 3.87. The average molecular weight is 376 g/mol. The summed E-state index contributed by atoms with van der Waals surface area (Å²) in [6, 6.07) is 14.9. The van der Waals surface area contributed by atoms with E-state index in [-0.39, 0.29) is 11.9 Å². The molecular formula is C22H21FN4O. The minimum atomic E-state index is -0.254. The van der Waals surface area contributed by atoms with Crippen LogP contribution in [0.15, 0.2) is 60.9 Å². The first kappa shape index (κ1) is 17.2. The van der Waals surface area contributed by atoms with E-state index < -0.39 is 0 Å². The quantitative estimate of drug-likeness (QED) is 0.559. The molecule has 0 amide bonds. The SMILES string of the molecule is Fc1cccc(-c2cnc(C3COCCN3Cc3c[nH]c4ccccc34)[nH]2)c1. The Kier molecular flexibility index (Phi) is 4.43. The number of benzene rings is 2. The van der Waals surface area contributed by atoms with Crippen molar-refractivity contribution >= 4 is 10.9 Å². The highest BCUT2D eigenvalue weighted by Crippen LogP contribution is 2.28. The Morgan fingerprint density at radius 3 is 3.04 bits per heavy atom. The van der Waals surface area contributed by atoms with Crippen LogP contribution in [0.25, 0.3) is 22.2 Å². The summed E-state index contributed by atoms with van der Waals surface area (Å²) in [5, 5.41) is 1.24. The van der Waals surface area contributed by atoms with E-state index in [4.69, 9.17) is 4.74 Å². The lowest BCUT2D eigenvalue weighted by molar-refractivity contribution is -0.0154. The fourth-order valence-corrected chi connectivity index (χ4v) is 3.87. The van der Waals surface area contributed by atoms with Crippen molar-refractivity contribution in [3.63, 3.8) is 0 Å². The lowest BCUT2D eigenvalue weighted by Gasteiger charge is -2.34. The van der Waals surface area contributed by atoms with E-state index in [2.05, 4.69) is 44.2 Å². The van der Waals surface area contributed by atoms with E-state index in [1.807, 2.05) is 12.1 Å². The highest BCUT2D eigenvalue weighted by Gasteiger charge is 2.27. The minimum Gasteiger partial charge on any atom is -0.378 e. The number of H-pyrrole nitrogens is 2. The number of hydrogen-bond acceptors (Lipinski definition) is 3. The number of aromatic amines is 2. The molecule has 0 aliphatic carbocycles. The van der Waals surface area contributed by atoms with Crippen LogP contribution in [0.5, 0.6) is 0 Å². The van der Waals surface area contributed by atoms with Crippen LogP contribution in [0.3, 0.4) is 0 Å². The van der Waals surface area contributed by atoms with E-state index in [9.17, 15) is 4.39 Å². The van der Waals surface area contributed by atoms with Crippen LogP contribution in [-0.2, 0) is 11.3 Å². The number of morpholine rings is 1. The van der Waals surface area contributed by atoms with Crippen LogP contribution in [0.1, 0.15) is 17.4 Å². The predicted molar refractivity (Wildman–Crippen MR) is 106 cm³/mol. The molecule has 0 bridgehead atoms. The molecule has 1 aliphatic heterocycles. The predicted octanol–water partition coefficient (Wildman–Crippen LogP) is 4.27. The van der Waals surface area contributed by atoms with Gasteiger partial charge in [-0.15, -0.1) is 0 Å². The van der Waals surface area contributed by atoms with Crippen molar-refractivity contribution in [1.29, 1.82) is 0 Å². The Labute approximate surface area is 162 Å². The summed E-state index contributed by atoms with van der Waals surface area (Å²) in [4.78, 5) is 13.7. The molecule has 0 spiro atoms. The van der Waals surface area contributed by atoms with E-state index in [1.54, 1.807) is 12.3 Å². The maximum Gasteiger partial charge on any atom is 0.126 e. The molecule has 0 radical (unpaired) electrons. The van der Waals surface area contributed by atoms with Crippen molar-refractivity contribution in [2.75, 3.05) is 19.8 Å². The molecule has 1 atom stereocenters. The number of fused-ring (bicyclic) bond motifs is 1. The number of imidazole rings is 1. The number of ether oxygens (including phenoxy) is 1. The molecule has 2 aromatic carbocycles. The summed E-state index contributed by atoms with van der Waals surface area (Å²) in [6.45, 7) is 2.93. The number of halogens is 1. The van der Waals surface area contributed by atoms with Crippen molar-refractivity contribution in [2.24, 2.45) is 0 Å². The Bertz CT molecular complexity index is 1100. The van der Waals surface area contributed by atoms with Gasteiger partial charge in [-0.1, -0.05) is 30.3 Å². The van der Waals surface area contributed by atoms with Gasteiger partial charge in [-0.3, -0.25) is 4.90 Å². The summed E-state index contributed by atoms with van der Waals surface area (Å²) < 4.78 is 19.3. The topological polar surface area (TPSA) is 56.9 Å². The first-order valence-electron chi connectivity index (χ1n) is 9.45. The minimum absolute atomic E-state index is 0.0321. The molecule has 1 aliphatic rings. The largest absolute Gasteiger partial charge is 0.378 e. The summed E-state index contributed by atoms with van der Waals surface area (Å²) in [6.07, 6.45) is 3.85. The summed E-state index contributed by atoms with van der Waals surface area (Å²) >= 11 is 0. The Morgan fingerprint density at radius 1 is 1.18 bits per heavy atom. The van der Waals surface area contributed by atoms with Crippen molar-refractivity contribution in [3.8, 4) is 11.3 Å². The van der Waals surface area contributed by atoms with Gasteiger partial charge in [-0.05, 0) is 23.8 Å². The van der Waals surface area contributed by atoms with Gasteiger partial charge in [-0.25, -0.2) is 9.37 Å². The Morgan fingerprint density at radius 2 is 2.11 bits per heavy atom. The number of aromatic nitrogens is 3. The van der Waals surface area contributed by atoms with Crippen molar-refractivity contribution in [3.05, 3.63) is 78.1 Å².